The van der Waals surface area contributed by atoms with E-state index >= 15 is 0 Å². The first-order valence-electron chi connectivity index (χ1n) is 7.46. The summed E-state index contributed by atoms with van der Waals surface area (Å²) in [5.74, 6) is -0.714. The molecule has 0 fully saturated rings. The van der Waals surface area contributed by atoms with E-state index < -0.39 is 11.7 Å². The molecule has 1 N–H and O–H groups in total. The smallest absolute Gasteiger partial charge is 0.259 e. The van der Waals surface area contributed by atoms with Gasteiger partial charge in [-0.2, -0.15) is 0 Å². The van der Waals surface area contributed by atoms with Crippen LogP contribution in [0.5, 0.6) is 0 Å². The minimum atomic E-state index is -0.560. The lowest BCUT2D eigenvalue weighted by Gasteiger charge is -2.19. The first-order chi connectivity index (χ1) is 11.6. The summed E-state index contributed by atoms with van der Waals surface area (Å²) in [6.45, 7) is 0. The van der Waals surface area contributed by atoms with E-state index in [2.05, 4.69) is 10.3 Å². The molecule has 0 atom stereocenters. The largest absolute Gasteiger partial charge is 0.343 e. The number of hydrogen-bond acceptors (Lipinski definition) is 3. The molecule has 120 valence electrons. The van der Waals surface area contributed by atoms with Crippen LogP contribution in [0.4, 0.5) is 21.6 Å². The first-order valence-corrected chi connectivity index (χ1v) is 7.46. The van der Waals surface area contributed by atoms with Crippen LogP contribution in [0.3, 0.4) is 0 Å². The van der Waals surface area contributed by atoms with Crippen molar-refractivity contribution in [2.24, 2.45) is 0 Å². The van der Waals surface area contributed by atoms with Crippen molar-refractivity contribution in [3.05, 3.63) is 84.3 Å². The molecule has 1 heterocycles. The Kier molecular flexibility index (Phi) is 4.52. The number of halogens is 1. The molecule has 0 radical (unpaired) electrons. The highest BCUT2D eigenvalue weighted by atomic mass is 19.1. The number of aromatic nitrogens is 1. The molecule has 2 aromatic carbocycles. The molecule has 0 unspecified atom stereocenters. The van der Waals surface area contributed by atoms with E-state index in [9.17, 15) is 9.18 Å². The number of para-hydroxylation sites is 1. The number of benzene rings is 2. The van der Waals surface area contributed by atoms with Crippen LogP contribution < -0.4 is 10.2 Å². The Hall–Kier alpha value is -3.21. The molecule has 3 aromatic rings. The van der Waals surface area contributed by atoms with Crippen LogP contribution in [0, 0.1) is 5.82 Å². The maximum absolute atomic E-state index is 13.6. The van der Waals surface area contributed by atoms with E-state index in [-0.39, 0.29) is 5.56 Å². The molecule has 0 aliphatic carbocycles. The van der Waals surface area contributed by atoms with Gasteiger partial charge in [0.25, 0.3) is 5.91 Å². The van der Waals surface area contributed by atoms with Crippen molar-refractivity contribution < 1.29 is 9.18 Å². The second-order valence-electron chi connectivity index (χ2n) is 5.23. The minimum Gasteiger partial charge on any atom is -0.343 e. The second-order valence-corrected chi connectivity index (χ2v) is 5.23. The third kappa shape index (κ3) is 3.41. The van der Waals surface area contributed by atoms with E-state index in [0.29, 0.717) is 5.82 Å². The Labute approximate surface area is 139 Å². The second kappa shape index (κ2) is 6.91. The van der Waals surface area contributed by atoms with Gasteiger partial charge in [0.1, 0.15) is 11.6 Å². The molecule has 1 amide bonds. The van der Waals surface area contributed by atoms with Crippen LogP contribution in [-0.2, 0) is 0 Å². The van der Waals surface area contributed by atoms with E-state index in [1.807, 2.05) is 48.3 Å². The van der Waals surface area contributed by atoms with Gasteiger partial charge in [-0.25, -0.2) is 9.37 Å². The standard InChI is InChI=1S/C19H16FN3O/c1-23(14-7-3-2-4-8-14)15-11-12-18(21-13-15)22-19(24)16-9-5-6-10-17(16)20/h2-13H,1H3,(H,21,22,24). The zero-order valence-corrected chi connectivity index (χ0v) is 13.1. The Morgan fingerprint density at radius 1 is 0.958 bits per heavy atom. The molecule has 24 heavy (non-hydrogen) atoms. The molecule has 4 nitrogen and oxygen atoms in total. The van der Waals surface area contributed by atoms with Crippen LogP contribution in [0.2, 0.25) is 0 Å². The zero-order chi connectivity index (χ0) is 16.9. The van der Waals surface area contributed by atoms with Crippen molar-refractivity contribution in [1.29, 1.82) is 0 Å². The van der Waals surface area contributed by atoms with Gasteiger partial charge in [-0.1, -0.05) is 30.3 Å². The highest BCUT2D eigenvalue weighted by Gasteiger charge is 2.12. The van der Waals surface area contributed by atoms with Crippen LogP contribution in [0.25, 0.3) is 0 Å². The van der Waals surface area contributed by atoms with Gasteiger partial charge in [0.15, 0.2) is 0 Å². The fourth-order valence-electron chi connectivity index (χ4n) is 2.29. The van der Waals surface area contributed by atoms with Gasteiger partial charge >= 0.3 is 0 Å². The fourth-order valence-corrected chi connectivity index (χ4v) is 2.29. The van der Waals surface area contributed by atoms with Gasteiger partial charge in [0.2, 0.25) is 0 Å². The fraction of sp³-hybridized carbons (Fsp3) is 0.0526. The monoisotopic (exact) mass is 321 g/mol. The number of hydrogen-bond donors (Lipinski definition) is 1. The topological polar surface area (TPSA) is 45.2 Å². The first kappa shape index (κ1) is 15.7. The summed E-state index contributed by atoms with van der Waals surface area (Å²) in [6, 6.07) is 19.2. The third-order valence-corrected chi connectivity index (χ3v) is 3.64. The normalized spacial score (nSPS) is 10.2. The van der Waals surface area contributed by atoms with E-state index in [1.54, 1.807) is 24.4 Å². The molecule has 0 aliphatic rings. The van der Waals surface area contributed by atoms with Crippen molar-refractivity contribution in [3.8, 4) is 0 Å². The van der Waals surface area contributed by atoms with Crippen LogP contribution in [0.1, 0.15) is 10.4 Å². The molecular formula is C19H16FN3O. The van der Waals surface area contributed by atoms with Crippen LogP contribution in [0.15, 0.2) is 72.9 Å². The molecule has 0 saturated heterocycles. The highest BCUT2D eigenvalue weighted by Crippen LogP contribution is 2.23. The molecule has 0 spiro atoms. The van der Waals surface area contributed by atoms with Gasteiger partial charge in [-0.15, -0.1) is 0 Å². The van der Waals surface area contributed by atoms with E-state index in [1.165, 1.54) is 12.1 Å². The SMILES string of the molecule is CN(c1ccccc1)c1ccc(NC(=O)c2ccccc2F)nc1. The maximum atomic E-state index is 13.6. The highest BCUT2D eigenvalue weighted by molar-refractivity contribution is 6.03. The van der Waals surface area contributed by atoms with Crippen molar-refractivity contribution >= 4 is 23.1 Å². The Morgan fingerprint density at radius 2 is 1.67 bits per heavy atom. The summed E-state index contributed by atoms with van der Waals surface area (Å²) in [5.41, 5.74) is 1.90. The number of amides is 1. The van der Waals surface area contributed by atoms with Gasteiger partial charge in [0, 0.05) is 12.7 Å². The average Bonchev–Trinajstić information content (AvgIpc) is 2.63. The summed E-state index contributed by atoms with van der Waals surface area (Å²) < 4.78 is 13.6. The number of nitrogens with one attached hydrogen (secondary N) is 1. The van der Waals surface area contributed by atoms with Crippen molar-refractivity contribution in [2.45, 2.75) is 0 Å². The molecular weight excluding hydrogens is 305 g/mol. The predicted octanol–water partition coefficient (Wildman–Crippen LogP) is 4.24. The maximum Gasteiger partial charge on any atom is 0.259 e. The summed E-state index contributed by atoms with van der Waals surface area (Å²) in [6.07, 6.45) is 1.66. The zero-order valence-electron chi connectivity index (χ0n) is 13.1. The minimum absolute atomic E-state index is 0.00946. The predicted molar refractivity (Wildman–Crippen MR) is 93.1 cm³/mol. The van der Waals surface area contributed by atoms with Crippen molar-refractivity contribution in [2.75, 3.05) is 17.3 Å². The third-order valence-electron chi connectivity index (χ3n) is 3.64. The lowest BCUT2D eigenvalue weighted by Crippen LogP contribution is -2.15. The Balaban J connectivity index is 1.73. The number of carbonyl (C=O) groups is 1. The van der Waals surface area contributed by atoms with Crippen molar-refractivity contribution in [3.63, 3.8) is 0 Å². The Bertz CT molecular complexity index is 835. The van der Waals surface area contributed by atoms with Gasteiger partial charge in [-0.3, -0.25) is 4.79 Å². The molecule has 0 bridgehead atoms. The molecule has 0 aliphatic heterocycles. The van der Waals surface area contributed by atoms with Gasteiger partial charge in [0.05, 0.1) is 17.4 Å². The number of pyridine rings is 1. The van der Waals surface area contributed by atoms with E-state index in [4.69, 9.17) is 0 Å². The van der Waals surface area contributed by atoms with Crippen molar-refractivity contribution in [1.82, 2.24) is 4.98 Å². The quantitative estimate of drug-likeness (QED) is 0.782. The lowest BCUT2D eigenvalue weighted by atomic mass is 10.2. The van der Waals surface area contributed by atoms with Crippen LogP contribution >= 0.6 is 0 Å². The van der Waals surface area contributed by atoms with Gasteiger partial charge < -0.3 is 10.2 Å². The summed E-state index contributed by atoms with van der Waals surface area (Å²) >= 11 is 0. The van der Waals surface area contributed by atoms with E-state index in [0.717, 1.165) is 11.4 Å². The summed E-state index contributed by atoms with van der Waals surface area (Å²) in [7, 11) is 1.93. The molecule has 5 heteroatoms. The lowest BCUT2D eigenvalue weighted by molar-refractivity contribution is 0.102. The molecule has 3 rings (SSSR count). The van der Waals surface area contributed by atoms with Gasteiger partial charge in [-0.05, 0) is 36.4 Å². The summed E-state index contributed by atoms with van der Waals surface area (Å²) in [4.78, 5) is 18.3. The number of carbonyl (C=O) groups excluding carboxylic acids is 1. The molecule has 0 saturated carbocycles. The Morgan fingerprint density at radius 3 is 2.33 bits per heavy atom. The van der Waals surface area contributed by atoms with Crippen LogP contribution in [-0.4, -0.2) is 17.9 Å². The number of nitrogens with zero attached hydrogens (tertiary/aromatic N) is 2. The average molecular weight is 321 g/mol. The number of rotatable bonds is 4. The molecule has 1 aromatic heterocycles. The number of anilines is 3. The summed E-state index contributed by atoms with van der Waals surface area (Å²) in [5, 5.41) is 2.60.